The number of fused-ring (bicyclic) bond motifs is 2. The van der Waals surface area contributed by atoms with Gasteiger partial charge in [-0.05, 0) is 48.2 Å². The first kappa shape index (κ1) is 21.2. The van der Waals surface area contributed by atoms with Crippen molar-refractivity contribution in [1.82, 2.24) is 24.7 Å². The average molecular weight is 466 g/mol. The maximum absolute atomic E-state index is 13.1. The monoisotopic (exact) mass is 465 g/mol. The maximum Gasteiger partial charge on any atom is 0.318 e. The van der Waals surface area contributed by atoms with Crippen LogP contribution in [-0.4, -0.2) is 37.2 Å². The summed E-state index contributed by atoms with van der Waals surface area (Å²) in [6, 6.07) is 11.7. The predicted molar refractivity (Wildman–Crippen MR) is 128 cm³/mol. The molecule has 1 fully saturated rings. The Balaban J connectivity index is 1.41. The lowest BCUT2D eigenvalue weighted by molar-refractivity contribution is -0.116. The van der Waals surface area contributed by atoms with Gasteiger partial charge >= 0.3 is 6.01 Å². The molecule has 4 heterocycles. The molecule has 9 heteroatoms. The minimum absolute atomic E-state index is 0.186. The number of benzene rings is 1. The van der Waals surface area contributed by atoms with Crippen LogP contribution in [0.3, 0.4) is 0 Å². The minimum Gasteiger partial charge on any atom is -0.463 e. The molecule has 1 atom stereocenters. The largest absolute Gasteiger partial charge is 0.463 e. The first-order chi connectivity index (χ1) is 17.2. The zero-order chi connectivity index (χ0) is 23.8. The number of anilines is 1. The highest BCUT2D eigenvalue weighted by Gasteiger charge is 2.36. The quantitative estimate of drug-likeness (QED) is 0.458. The molecule has 0 spiro atoms. The van der Waals surface area contributed by atoms with E-state index in [1.807, 2.05) is 23.0 Å². The second-order valence-corrected chi connectivity index (χ2v) is 8.97. The number of nitriles is 1. The van der Waals surface area contributed by atoms with Crippen LogP contribution in [0.1, 0.15) is 60.0 Å². The van der Waals surface area contributed by atoms with E-state index in [1.165, 1.54) is 12.8 Å². The molecule has 1 N–H and O–H groups in total. The Morgan fingerprint density at radius 1 is 1.20 bits per heavy atom. The predicted octanol–water partition coefficient (Wildman–Crippen LogP) is 3.91. The zero-order valence-corrected chi connectivity index (χ0v) is 19.0. The fraction of sp³-hybridized carbons (Fsp3) is 0.308. The van der Waals surface area contributed by atoms with E-state index in [0.29, 0.717) is 41.7 Å². The van der Waals surface area contributed by atoms with Crippen molar-refractivity contribution < 1.29 is 9.53 Å². The highest BCUT2D eigenvalue weighted by molar-refractivity contribution is 6.06. The number of aromatic nitrogens is 5. The van der Waals surface area contributed by atoms with Crippen molar-refractivity contribution in [2.75, 3.05) is 11.9 Å². The lowest BCUT2D eigenvalue weighted by atomic mass is 9.94. The lowest BCUT2D eigenvalue weighted by Gasteiger charge is -2.12. The van der Waals surface area contributed by atoms with Crippen LogP contribution in [0.4, 0.5) is 5.69 Å². The molecule has 1 aliphatic carbocycles. The van der Waals surface area contributed by atoms with Gasteiger partial charge in [0, 0.05) is 30.7 Å². The number of carbonyl (C=O) groups excluding carboxylic acids is 1. The summed E-state index contributed by atoms with van der Waals surface area (Å²) in [5.41, 5.74) is 4.01. The number of pyridine rings is 1. The summed E-state index contributed by atoms with van der Waals surface area (Å²) in [4.78, 5) is 26.5. The highest BCUT2D eigenvalue weighted by Crippen LogP contribution is 2.40. The van der Waals surface area contributed by atoms with Gasteiger partial charge < -0.3 is 10.1 Å². The highest BCUT2D eigenvalue weighted by atomic mass is 16.5. The van der Waals surface area contributed by atoms with E-state index >= 15 is 0 Å². The summed E-state index contributed by atoms with van der Waals surface area (Å²) in [6.07, 6.45) is 10.6. The zero-order valence-electron chi connectivity index (χ0n) is 19.0. The second kappa shape index (κ2) is 8.80. The van der Waals surface area contributed by atoms with Gasteiger partial charge in [-0.1, -0.05) is 18.9 Å². The van der Waals surface area contributed by atoms with Gasteiger partial charge in [0.1, 0.15) is 5.92 Å². The third kappa shape index (κ3) is 3.97. The number of hydrogen-bond donors (Lipinski definition) is 1. The van der Waals surface area contributed by atoms with Gasteiger partial charge in [-0.3, -0.25) is 14.5 Å². The van der Waals surface area contributed by atoms with Crippen LogP contribution in [0.25, 0.3) is 11.0 Å². The Hall–Kier alpha value is -4.32. The first-order valence-electron chi connectivity index (χ1n) is 11.8. The number of ether oxygens (including phenoxy) is 1. The van der Waals surface area contributed by atoms with Crippen molar-refractivity contribution in [1.29, 1.82) is 5.26 Å². The molecule has 0 bridgehead atoms. The number of nitrogens with one attached hydrogen (secondary N) is 1. The summed E-state index contributed by atoms with van der Waals surface area (Å²) >= 11 is 0. The summed E-state index contributed by atoms with van der Waals surface area (Å²) in [6.45, 7) is 0.367. The maximum atomic E-state index is 13.1. The first-order valence-corrected chi connectivity index (χ1v) is 11.8. The molecule has 35 heavy (non-hydrogen) atoms. The summed E-state index contributed by atoms with van der Waals surface area (Å²) in [5, 5.41) is 17.8. The van der Waals surface area contributed by atoms with Crippen LogP contribution in [-0.2, 0) is 11.2 Å². The van der Waals surface area contributed by atoms with Crippen molar-refractivity contribution >= 4 is 22.6 Å². The van der Waals surface area contributed by atoms with Crippen LogP contribution in [0.15, 0.2) is 48.9 Å². The minimum atomic E-state index is -0.675. The van der Waals surface area contributed by atoms with Crippen molar-refractivity contribution in [2.24, 2.45) is 0 Å². The Morgan fingerprint density at radius 2 is 2.09 bits per heavy atom. The van der Waals surface area contributed by atoms with E-state index in [2.05, 4.69) is 21.4 Å². The molecule has 1 saturated carbocycles. The number of amides is 1. The molecule has 4 aromatic rings. The number of rotatable bonds is 6. The smallest absolute Gasteiger partial charge is 0.318 e. The second-order valence-electron chi connectivity index (χ2n) is 8.97. The van der Waals surface area contributed by atoms with Crippen molar-refractivity contribution in [2.45, 2.75) is 44.1 Å². The standard InChI is InChI=1S/C26H23N7O2/c27-13-17-7-8-21-19(12-17)22(25(34)29-21)23-20-15-33(18-5-1-2-6-18)32-24(20)31-26(30-23)35-11-9-16-4-3-10-28-14-16/h3-4,7-8,10,12,14-15,18,22H,1-2,5-6,9,11H2,(H,29,34). The number of carbonyl (C=O) groups is 1. The third-order valence-electron chi connectivity index (χ3n) is 6.73. The van der Waals surface area contributed by atoms with Gasteiger partial charge in [-0.15, -0.1) is 0 Å². The van der Waals surface area contributed by atoms with Crippen molar-refractivity contribution in [3.63, 3.8) is 0 Å². The molecule has 1 aliphatic heterocycles. The summed E-state index contributed by atoms with van der Waals surface area (Å²) in [5.74, 6) is -0.865. The molecule has 0 saturated heterocycles. The van der Waals surface area contributed by atoms with Gasteiger partial charge in [0.2, 0.25) is 5.91 Å². The SMILES string of the molecule is N#Cc1ccc2c(c1)C(c1nc(OCCc3cccnc3)nc3nn(C4CCCC4)cc13)C(=O)N2. The molecular weight excluding hydrogens is 442 g/mol. The molecule has 1 aromatic carbocycles. The van der Waals surface area contributed by atoms with Crippen LogP contribution in [0.5, 0.6) is 6.01 Å². The third-order valence-corrected chi connectivity index (χ3v) is 6.73. The van der Waals surface area contributed by atoms with E-state index in [9.17, 15) is 10.1 Å². The molecule has 1 amide bonds. The topological polar surface area (TPSA) is 119 Å². The number of nitrogens with zero attached hydrogens (tertiary/aromatic N) is 6. The molecule has 6 rings (SSSR count). The van der Waals surface area contributed by atoms with Crippen LogP contribution >= 0.6 is 0 Å². The van der Waals surface area contributed by atoms with Gasteiger partial charge in [0.15, 0.2) is 5.65 Å². The van der Waals surface area contributed by atoms with Crippen LogP contribution in [0.2, 0.25) is 0 Å². The Bertz CT molecular complexity index is 1450. The average Bonchev–Trinajstić information content (AvgIpc) is 3.62. The molecule has 174 valence electrons. The Morgan fingerprint density at radius 3 is 2.89 bits per heavy atom. The molecule has 9 nitrogen and oxygen atoms in total. The lowest BCUT2D eigenvalue weighted by Crippen LogP contribution is -2.16. The molecule has 1 unspecified atom stereocenters. The molecule has 2 aliphatic rings. The Kier molecular flexibility index (Phi) is 5.34. The van der Waals surface area contributed by atoms with Crippen molar-refractivity contribution in [3.05, 3.63) is 71.3 Å². The van der Waals surface area contributed by atoms with Gasteiger partial charge in [0.25, 0.3) is 0 Å². The van der Waals surface area contributed by atoms with E-state index in [1.54, 1.807) is 30.6 Å². The van der Waals surface area contributed by atoms with E-state index in [4.69, 9.17) is 14.8 Å². The van der Waals surface area contributed by atoms with Gasteiger partial charge in [0.05, 0.1) is 35.4 Å². The number of hydrogen-bond acceptors (Lipinski definition) is 7. The summed E-state index contributed by atoms with van der Waals surface area (Å²) < 4.78 is 7.90. The molecular formula is C26H23N7O2. The van der Waals surface area contributed by atoms with Crippen LogP contribution in [0, 0.1) is 11.3 Å². The summed E-state index contributed by atoms with van der Waals surface area (Å²) in [7, 11) is 0. The fourth-order valence-electron chi connectivity index (χ4n) is 4.97. The van der Waals surface area contributed by atoms with E-state index in [0.717, 1.165) is 29.4 Å². The normalized spacial score (nSPS) is 17.3. The molecule has 0 radical (unpaired) electrons. The fourth-order valence-corrected chi connectivity index (χ4v) is 4.97. The van der Waals surface area contributed by atoms with Gasteiger partial charge in [-0.25, -0.2) is 0 Å². The molecule has 3 aromatic heterocycles. The van der Waals surface area contributed by atoms with Crippen molar-refractivity contribution in [3.8, 4) is 12.1 Å². The van der Waals surface area contributed by atoms with E-state index in [-0.39, 0.29) is 11.9 Å². The Labute approximate surface area is 201 Å². The van der Waals surface area contributed by atoms with E-state index < -0.39 is 5.92 Å². The van der Waals surface area contributed by atoms with Gasteiger partial charge in [-0.2, -0.15) is 20.3 Å². The van der Waals surface area contributed by atoms with Crippen LogP contribution < -0.4 is 10.1 Å².